The van der Waals surface area contributed by atoms with Gasteiger partial charge in [-0.15, -0.1) is 0 Å². The first-order valence-electron chi connectivity index (χ1n) is 5.75. The van der Waals surface area contributed by atoms with Crippen LogP contribution in [-0.2, 0) is 6.42 Å². The summed E-state index contributed by atoms with van der Waals surface area (Å²) in [5.41, 5.74) is 0. The van der Waals surface area contributed by atoms with Crippen LogP contribution >= 0.6 is 34.8 Å². The van der Waals surface area contributed by atoms with E-state index in [-0.39, 0.29) is 0 Å². The van der Waals surface area contributed by atoms with Gasteiger partial charge in [-0.1, -0.05) is 41.7 Å². The highest BCUT2D eigenvalue weighted by Crippen LogP contribution is 2.31. The van der Waals surface area contributed by atoms with Gasteiger partial charge in [-0.05, 0) is 24.6 Å². The summed E-state index contributed by atoms with van der Waals surface area (Å²) in [6.07, 6.45) is 1.67. The standard InChI is InChI=1S/C13H11Cl3N2O/c1-2-3-12-17-11(16)7-13(18-12)19-10-5-4-8(14)6-9(10)15/h4-7H,2-3H2,1H3. The molecular weight excluding hydrogens is 307 g/mol. The van der Waals surface area contributed by atoms with Crippen molar-refractivity contribution < 1.29 is 4.74 Å². The number of benzene rings is 1. The van der Waals surface area contributed by atoms with Gasteiger partial charge >= 0.3 is 0 Å². The van der Waals surface area contributed by atoms with E-state index in [4.69, 9.17) is 39.5 Å². The first-order valence-corrected chi connectivity index (χ1v) is 6.88. The number of halogens is 3. The second-order valence-electron chi connectivity index (χ2n) is 3.87. The van der Waals surface area contributed by atoms with Crippen molar-refractivity contribution in [3.05, 3.63) is 45.3 Å². The topological polar surface area (TPSA) is 35.0 Å². The van der Waals surface area contributed by atoms with Crippen molar-refractivity contribution in [2.75, 3.05) is 0 Å². The molecule has 0 unspecified atom stereocenters. The zero-order valence-corrected chi connectivity index (χ0v) is 12.4. The molecule has 2 rings (SSSR count). The number of aryl methyl sites for hydroxylation is 1. The molecule has 100 valence electrons. The summed E-state index contributed by atoms with van der Waals surface area (Å²) in [6, 6.07) is 6.53. The van der Waals surface area contributed by atoms with Gasteiger partial charge in [0.15, 0.2) is 0 Å². The first kappa shape index (κ1) is 14.4. The van der Waals surface area contributed by atoms with Gasteiger partial charge in [-0.25, -0.2) is 4.98 Å². The number of aromatic nitrogens is 2. The lowest BCUT2D eigenvalue weighted by atomic mass is 10.3. The molecule has 0 aliphatic heterocycles. The summed E-state index contributed by atoms with van der Waals surface area (Å²) < 4.78 is 5.61. The molecule has 0 spiro atoms. The van der Waals surface area contributed by atoms with E-state index in [2.05, 4.69) is 9.97 Å². The molecule has 2 aromatic rings. The van der Waals surface area contributed by atoms with Gasteiger partial charge in [-0.3, -0.25) is 0 Å². The van der Waals surface area contributed by atoms with Crippen molar-refractivity contribution in [1.82, 2.24) is 9.97 Å². The van der Waals surface area contributed by atoms with Gasteiger partial charge in [-0.2, -0.15) is 4.98 Å². The maximum Gasteiger partial charge on any atom is 0.224 e. The van der Waals surface area contributed by atoms with E-state index in [0.717, 1.165) is 12.8 Å². The molecule has 6 heteroatoms. The zero-order chi connectivity index (χ0) is 13.8. The number of nitrogens with zero attached hydrogens (tertiary/aromatic N) is 2. The lowest BCUT2D eigenvalue weighted by molar-refractivity contribution is 0.458. The Bertz CT molecular complexity index is 590. The Kier molecular flexibility index (Phi) is 4.86. The van der Waals surface area contributed by atoms with E-state index in [1.807, 2.05) is 6.92 Å². The van der Waals surface area contributed by atoms with Crippen LogP contribution in [0.1, 0.15) is 19.2 Å². The average molecular weight is 318 g/mol. The molecule has 0 N–H and O–H groups in total. The highest BCUT2D eigenvalue weighted by molar-refractivity contribution is 6.35. The van der Waals surface area contributed by atoms with Gasteiger partial charge in [0.2, 0.25) is 5.88 Å². The lowest BCUT2D eigenvalue weighted by Crippen LogP contribution is -1.97. The second kappa shape index (κ2) is 6.42. The summed E-state index contributed by atoms with van der Waals surface area (Å²) in [4.78, 5) is 8.39. The molecule has 1 aromatic carbocycles. The van der Waals surface area contributed by atoms with Gasteiger partial charge in [0, 0.05) is 17.5 Å². The molecular formula is C13H11Cl3N2O. The Morgan fingerprint density at radius 2 is 1.89 bits per heavy atom. The van der Waals surface area contributed by atoms with Crippen LogP contribution in [0.25, 0.3) is 0 Å². The molecule has 19 heavy (non-hydrogen) atoms. The molecule has 0 saturated carbocycles. The Hall–Kier alpha value is -1.03. The van der Waals surface area contributed by atoms with Crippen molar-refractivity contribution in [3.63, 3.8) is 0 Å². The van der Waals surface area contributed by atoms with Gasteiger partial charge in [0.05, 0.1) is 5.02 Å². The Balaban J connectivity index is 2.27. The van der Waals surface area contributed by atoms with Crippen LogP contribution in [-0.4, -0.2) is 9.97 Å². The highest BCUT2D eigenvalue weighted by Gasteiger charge is 2.08. The van der Waals surface area contributed by atoms with E-state index >= 15 is 0 Å². The van der Waals surface area contributed by atoms with Crippen LogP contribution in [0.4, 0.5) is 0 Å². The number of hydrogen-bond donors (Lipinski definition) is 0. The normalized spacial score (nSPS) is 10.5. The first-order chi connectivity index (χ1) is 9.08. The molecule has 0 saturated heterocycles. The molecule has 0 aliphatic rings. The number of rotatable bonds is 4. The largest absolute Gasteiger partial charge is 0.437 e. The minimum atomic E-state index is 0.346. The third kappa shape index (κ3) is 3.96. The van der Waals surface area contributed by atoms with Crippen molar-refractivity contribution in [2.45, 2.75) is 19.8 Å². The van der Waals surface area contributed by atoms with E-state index in [9.17, 15) is 0 Å². The summed E-state index contributed by atoms with van der Waals surface area (Å²) in [7, 11) is 0. The van der Waals surface area contributed by atoms with E-state index < -0.39 is 0 Å². The maximum atomic E-state index is 6.03. The highest BCUT2D eigenvalue weighted by atomic mass is 35.5. The third-order valence-corrected chi connectivity index (χ3v) is 3.02. The van der Waals surface area contributed by atoms with Crippen molar-refractivity contribution in [3.8, 4) is 11.6 Å². The Morgan fingerprint density at radius 1 is 1.11 bits per heavy atom. The molecule has 0 fully saturated rings. The van der Waals surface area contributed by atoms with E-state index in [0.29, 0.717) is 32.7 Å². The quantitative estimate of drug-likeness (QED) is 0.729. The second-order valence-corrected chi connectivity index (χ2v) is 5.10. The average Bonchev–Trinajstić information content (AvgIpc) is 2.32. The van der Waals surface area contributed by atoms with Crippen molar-refractivity contribution in [2.24, 2.45) is 0 Å². The lowest BCUT2D eigenvalue weighted by Gasteiger charge is -2.08. The minimum absolute atomic E-state index is 0.346. The molecule has 0 bridgehead atoms. The summed E-state index contributed by atoms with van der Waals surface area (Å²) in [6.45, 7) is 2.04. The van der Waals surface area contributed by atoms with Gasteiger partial charge in [0.25, 0.3) is 0 Å². The molecule has 1 heterocycles. The number of ether oxygens (including phenoxy) is 1. The molecule has 0 radical (unpaired) electrons. The van der Waals surface area contributed by atoms with Crippen LogP contribution in [0.2, 0.25) is 15.2 Å². The SMILES string of the molecule is CCCc1nc(Cl)cc(Oc2ccc(Cl)cc2Cl)n1. The van der Waals surface area contributed by atoms with E-state index in [1.54, 1.807) is 24.3 Å². The maximum absolute atomic E-state index is 6.03. The minimum Gasteiger partial charge on any atom is -0.437 e. The van der Waals surface area contributed by atoms with Crippen LogP contribution in [0, 0.1) is 0 Å². The number of hydrogen-bond acceptors (Lipinski definition) is 3. The summed E-state index contributed by atoms with van der Waals surface area (Å²) >= 11 is 17.8. The predicted molar refractivity (Wildman–Crippen MR) is 77.6 cm³/mol. The summed E-state index contributed by atoms with van der Waals surface area (Å²) in [5, 5.41) is 1.31. The molecule has 0 atom stereocenters. The Labute approximate surface area is 126 Å². The van der Waals surface area contributed by atoms with Crippen LogP contribution in [0.15, 0.2) is 24.3 Å². The smallest absolute Gasteiger partial charge is 0.224 e. The van der Waals surface area contributed by atoms with Crippen LogP contribution in [0.3, 0.4) is 0 Å². The molecule has 0 amide bonds. The van der Waals surface area contributed by atoms with E-state index in [1.165, 1.54) is 0 Å². The molecule has 1 aromatic heterocycles. The predicted octanol–water partition coefficient (Wildman–Crippen LogP) is 5.18. The fourth-order valence-electron chi connectivity index (χ4n) is 1.50. The van der Waals surface area contributed by atoms with Crippen molar-refractivity contribution in [1.29, 1.82) is 0 Å². The fourth-order valence-corrected chi connectivity index (χ4v) is 2.14. The monoisotopic (exact) mass is 316 g/mol. The van der Waals surface area contributed by atoms with Crippen LogP contribution in [0.5, 0.6) is 11.6 Å². The Morgan fingerprint density at radius 3 is 2.58 bits per heavy atom. The van der Waals surface area contributed by atoms with Crippen molar-refractivity contribution >= 4 is 34.8 Å². The fraction of sp³-hybridized carbons (Fsp3) is 0.231. The zero-order valence-electron chi connectivity index (χ0n) is 10.2. The van der Waals surface area contributed by atoms with Gasteiger partial charge < -0.3 is 4.74 Å². The van der Waals surface area contributed by atoms with Crippen LogP contribution < -0.4 is 4.74 Å². The third-order valence-electron chi connectivity index (χ3n) is 2.30. The van der Waals surface area contributed by atoms with Gasteiger partial charge in [0.1, 0.15) is 16.7 Å². The molecule has 0 aliphatic carbocycles. The summed E-state index contributed by atoms with van der Waals surface area (Å²) in [5.74, 6) is 1.49. The molecule has 3 nitrogen and oxygen atoms in total.